The predicted molar refractivity (Wildman–Crippen MR) is 127 cm³/mol. The van der Waals surface area contributed by atoms with Gasteiger partial charge >= 0.3 is 0 Å². The van der Waals surface area contributed by atoms with E-state index >= 15 is 0 Å². The number of aromatic nitrogens is 1. The van der Waals surface area contributed by atoms with Gasteiger partial charge in [-0.25, -0.2) is 4.98 Å². The first-order valence-corrected chi connectivity index (χ1v) is 10.6. The molecule has 0 aliphatic carbocycles. The molecule has 1 amide bonds. The van der Waals surface area contributed by atoms with Gasteiger partial charge in [0.25, 0.3) is 0 Å². The van der Waals surface area contributed by atoms with E-state index in [9.17, 15) is 4.79 Å². The number of methoxy groups -OCH3 is 2. The SMILES string of the molecule is COc1ccc(/C=C(/CC(=O)Nc2ccccc2)c2nc3ccccc3s2)cc1OC. The van der Waals surface area contributed by atoms with Crippen LogP contribution in [0.1, 0.15) is 17.0 Å². The van der Waals surface area contributed by atoms with E-state index in [1.807, 2.05) is 78.9 Å². The number of carbonyl (C=O) groups is 1. The van der Waals surface area contributed by atoms with Gasteiger partial charge in [-0.3, -0.25) is 4.79 Å². The highest BCUT2D eigenvalue weighted by Crippen LogP contribution is 2.33. The summed E-state index contributed by atoms with van der Waals surface area (Å²) >= 11 is 1.58. The zero-order valence-corrected chi connectivity index (χ0v) is 18.1. The fourth-order valence-electron chi connectivity index (χ4n) is 3.24. The summed E-state index contributed by atoms with van der Waals surface area (Å²) in [7, 11) is 3.21. The molecule has 6 heteroatoms. The number of ether oxygens (including phenoxy) is 2. The van der Waals surface area contributed by atoms with Gasteiger partial charge in [0.1, 0.15) is 5.01 Å². The van der Waals surface area contributed by atoms with Crippen LogP contribution in [0, 0.1) is 0 Å². The summed E-state index contributed by atoms with van der Waals surface area (Å²) in [4.78, 5) is 17.6. The van der Waals surface area contributed by atoms with Crippen molar-refractivity contribution in [1.29, 1.82) is 0 Å². The predicted octanol–water partition coefficient (Wildman–Crippen LogP) is 5.88. The minimum absolute atomic E-state index is 0.0998. The molecule has 0 saturated carbocycles. The molecule has 3 aromatic carbocycles. The minimum Gasteiger partial charge on any atom is -0.493 e. The number of thiazole rings is 1. The lowest BCUT2D eigenvalue weighted by atomic mass is 10.1. The van der Waals surface area contributed by atoms with E-state index in [0.717, 1.165) is 32.0 Å². The fourth-order valence-corrected chi connectivity index (χ4v) is 4.22. The second kappa shape index (κ2) is 9.45. The molecule has 1 heterocycles. The molecule has 4 rings (SSSR count). The van der Waals surface area contributed by atoms with Crippen molar-refractivity contribution in [1.82, 2.24) is 4.98 Å². The van der Waals surface area contributed by atoms with Crippen LogP contribution in [0.5, 0.6) is 11.5 Å². The van der Waals surface area contributed by atoms with E-state index in [2.05, 4.69) is 5.32 Å². The highest BCUT2D eigenvalue weighted by atomic mass is 32.1. The molecule has 0 aliphatic rings. The Balaban J connectivity index is 1.70. The Hall–Kier alpha value is -3.64. The molecule has 0 atom stereocenters. The van der Waals surface area contributed by atoms with E-state index < -0.39 is 0 Å². The van der Waals surface area contributed by atoms with Crippen molar-refractivity contribution in [2.24, 2.45) is 0 Å². The number of carbonyl (C=O) groups excluding carboxylic acids is 1. The van der Waals surface area contributed by atoms with Gasteiger partial charge in [0, 0.05) is 5.69 Å². The molecule has 0 aliphatic heterocycles. The van der Waals surface area contributed by atoms with Crippen molar-refractivity contribution < 1.29 is 14.3 Å². The van der Waals surface area contributed by atoms with Gasteiger partial charge in [-0.2, -0.15) is 0 Å². The van der Waals surface area contributed by atoms with Gasteiger partial charge in [-0.05, 0) is 53.6 Å². The van der Waals surface area contributed by atoms with Gasteiger partial charge in [-0.1, -0.05) is 36.4 Å². The van der Waals surface area contributed by atoms with Crippen LogP contribution < -0.4 is 14.8 Å². The molecule has 156 valence electrons. The second-order valence-electron chi connectivity index (χ2n) is 6.86. The molecule has 31 heavy (non-hydrogen) atoms. The Kier molecular flexibility index (Phi) is 6.29. The molecule has 0 bridgehead atoms. The average molecular weight is 431 g/mol. The van der Waals surface area contributed by atoms with Crippen molar-refractivity contribution in [2.75, 3.05) is 19.5 Å². The van der Waals surface area contributed by atoms with Crippen LogP contribution in [0.4, 0.5) is 5.69 Å². The summed E-state index contributed by atoms with van der Waals surface area (Å²) in [6.45, 7) is 0. The highest BCUT2D eigenvalue weighted by molar-refractivity contribution is 7.19. The quantitative estimate of drug-likeness (QED) is 0.398. The highest BCUT2D eigenvalue weighted by Gasteiger charge is 2.14. The standard InChI is InChI=1S/C25H22N2O3S/c1-29-21-13-12-17(15-22(21)30-2)14-18(16-24(28)26-19-8-4-3-5-9-19)25-27-20-10-6-7-11-23(20)31-25/h3-15H,16H2,1-2H3,(H,26,28)/b18-14-. The molecule has 0 spiro atoms. The molecule has 1 N–H and O–H groups in total. The first-order chi connectivity index (χ1) is 15.2. The van der Waals surface area contributed by atoms with Crippen LogP contribution in [0.25, 0.3) is 21.9 Å². The van der Waals surface area contributed by atoms with Gasteiger partial charge in [0.2, 0.25) is 5.91 Å². The van der Waals surface area contributed by atoms with Crippen LogP contribution in [-0.4, -0.2) is 25.1 Å². The Morgan fingerprint density at radius 2 is 1.71 bits per heavy atom. The normalized spacial score (nSPS) is 11.4. The lowest BCUT2D eigenvalue weighted by molar-refractivity contribution is -0.115. The summed E-state index contributed by atoms with van der Waals surface area (Å²) in [6, 6.07) is 23.1. The summed E-state index contributed by atoms with van der Waals surface area (Å²) in [6.07, 6.45) is 2.17. The Morgan fingerprint density at radius 3 is 2.45 bits per heavy atom. The summed E-state index contributed by atoms with van der Waals surface area (Å²) in [5.41, 5.74) is 3.42. The summed E-state index contributed by atoms with van der Waals surface area (Å²) in [5.74, 6) is 1.19. The number of para-hydroxylation sites is 2. The van der Waals surface area contributed by atoms with Crippen molar-refractivity contribution in [3.63, 3.8) is 0 Å². The smallest absolute Gasteiger partial charge is 0.228 e. The van der Waals surface area contributed by atoms with E-state index in [-0.39, 0.29) is 12.3 Å². The Labute approximate surface area is 185 Å². The second-order valence-corrected chi connectivity index (χ2v) is 7.89. The largest absolute Gasteiger partial charge is 0.493 e. The van der Waals surface area contributed by atoms with E-state index in [1.165, 1.54) is 0 Å². The first-order valence-electron chi connectivity index (χ1n) is 9.79. The van der Waals surface area contributed by atoms with Gasteiger partial charge in [0.15, 0.2) is 11.5 Å². The first kappa shape index (κ1) is 20.6. The number of hydrogen-bond acceptors (Lipinski definition) is 5. The Morgan fingerprint density at radius 1 is 0.968 bits per heavy atom. The molecule has 1 aromatic heterocycles. The Bertz CT molecular complexity index is 1200. The van der Waals surface area contributed by atoms with Crippen molar-refractivity contribution in [3.05, 3.63) is 83.4 Å². The van der Waals surface area contributed by atoms with Crippen LogP contribution >= 0.6 is 11.3 Å². The number of fused-ring (bicyclic) bond motifs is 1. The number of amides is 1. The summed E-state index contributed by atoms with van der Waals surface area (Å²) in [5, 5.41) is 3.77. The molecule has 5 nitrogen and oxygen atoms in total. The fraction of sp³-hybridized carbons (Fsp3) is 0.120. The number of nitrogens with one attached hydrogen (secondary N) is 1. The average Bonchev–Trinajstić information content (AvgIpc) is 3.23. The molecule has 0 unspecified atom stereocenters. The topological polar surface area (TPSA) is 60.5 Å². The maximum atomic E-state index is 12.8. The summed E-state index contributed by atoms with van der Waals surface area (Å²) < 4.78 is 11.8. The monoisotopic (exact) mass is 430 g/mol. The minimum atomic E-state index is -0.0998. The van der Waals surface area contributed by atoms with Gasteiger partial charge in [-0.15, -0.1) is 11.3 Å². The van der Waals surface area contributed by atoms with E-state index in [1.54, 1.807) is 25.6 Å². The third kappa shape index (κ3) is 4.92. The molecule has 0 radical (unpaired) electrons. The third-order valence-electron chi connectivity index (χ3n) is 4.73. The maximum absolute atomic E-state index is 12.8. The molecule has 0 saturated heterocycles. The van der Waals surface area contributed by atoms with Crippen LogP contribution in [0.3, 0.4) is 0 Å². The number of hydrogen-bond donors (Lipinski definition) is 1. The van der Waals surface area contributed by atoms with Crippen LogP contribution in [0.15, 0.2) is 72.8 Å². The number of nitrogens with zero attached hydrogens (tertiary/aromatic N) is 1. The van der Waals surface area contributed by atoms with Gasteiger partial charge < -0.3 is 14.8 Å². The number of benzene rings is 3. The number of anilines is 1. The molecular weight excluding hydrogens is 408 g/mol. The van der Waals surface area contributed by atoms with Gasteiger partial charge in [0.05, 0.1) is 30.9 Å². The lowest BCUT2D eigenvalue weighted by Gasteiger charge is -2.10. The zero-order chi connectivity index (χ0) is 21.6. The van der Waals surface area contributed by atoms with Crippen LogP contribution in [-0.2, 0) is 4.79 Å². The molecular formula is C25H22N2O3S. The van der Waals surface area contributed by atoms with E-state index in [4.69, 9.17) is 14.5 Å². The van der Waals surface area contributed by atoms with Crippen molar-refractivity contribution >= 4 is 44.8 Å². The molecule has 4 aromatic rings. The number of rotatable bonds is 7. The maximum Gasteiger partial charge on any atom is 0.228 e. The van der Waals surface area contributed by atoms with E-state index in [0.29, 0.717) is 11.5 Å². The van der Waals surface area contributed by atoms with Crippen molar-refractivity contribution in [3.8, 4) is 11.5 Å². The van der Waals surface area contributed by atoms with Crippen LogP contribution in [0.2, 0.25) is 0 Å². The third-order valence-corrected chi connectivity index (χ3v) is 5.84. The molecule has 0 fully saturated rings. The van der Waals surface area contributed by atoms with Crippen molar-refractivity contribution in [2.45, 2.75) is 6.42 Å². The zero-order valence-electron chi connectivity index (χ0n) is 17.3. The lowest BCUT2D eigenvalue weighted by Crippen LogP contribution is -2.11.